The van der Waals surface area contributed by atoms with E-state index in [1.54, 1.807) is 0 Å². The number of carboxylic acid groups (broad SMARTS) is 1. The molecule has 1 N–H and O–H groups in total. The van der Waals surface area contributed by atoms with Gasteiger partial charge in [0, 0.05) is 13.0 Å². The Bertz CT molecular complexity index is 326. The fourth-order valence-corrected chi connectivity index (χ4v) is 2.48. The maximum Gasteiger partial charge on any atom is 0.305 e. The number of carbonyl (C=O) groups is 2. The third kappa shape index (κ3) is 5.09. The maximum atomic E-state index is 11.2. The van der Waals surface area contributed by atoms with E-state index < -0.39 is 18.3 Å². The second-order valence-corrected chi connectivity index (χ2v) is 5.64. The van der Waals surface area contributed by atoms with Crippen LogP contribution in [0, 0.1) is 5.92 Å². The molecule has 1 amide bonds. The van der Waals surface area contributed by atoms with E-state index in [-0.39, 0.29) is 6.42 Å². The summed E-state index contributed by atoms with van der Waals surface area (Å²) in [6.07, 6.45) is 6.87. The first-order valence-corrected chi connectivity index (χ1v) is 7.43. The van der Waals surface area contributed by atoms with Crippen LogP contribution in [0.3, 0.4) is 0 Å². The van der Waals surface area contributed by atoms with Gasteiger partial charge in [-0.2, -0.15) is 0 Å². The lowest BCUT2D eigenvalue weighted by Crippen LogP contribution is -2.40. The molecule has 0 aromatic rings. The van der Waals surface area contributed by atoms with Crippen molar-refractivity contribution in [2.24, 2.45) is 5.92 Å². The second-order valence-electron chi connectivity index (χ2n) is 5.64. The third-order valence-corrected chi connectivity index (χ3v) is 3.86. The maximum absolute atomic E-state index is 11.2. The Morgan fingerprint density at radius 2 is 2.20 bits per heavy atom. The van der Waals surface area contributed by atoms with Crippen molar-refractivity contribution >= 4 is 12.4 Å². The van der Waals surface area contributed by atoms with Crippen LogP contribution in [0.2, 0.25) is 0 Å². The quantitative estimate of drug-likeness (QED) is 0.517. The molecular weight excluding hydrogens is 262 g/mol. The summed E-state index contributed by atoms with van der Waals surface area (Å²) in [5, 5.41) is 10.1. The number of hydrogen-bond acceptors (Lipinski definition) is 4. The number of rotatable bonds is 9. The van der Waals surface area contributed by atoms with Crippen molar-refractivity contribution in [1.82, 2.24) is 5.06 Å². The van der Waals surface area contributed by atoms with Gasteiger partial charge in [0.05, 0.1) is 12.5 Å². The molecule has 0 aromatic carbocycles. The molecule has 0 bridgehead atoms. The Labute approximate surface area is 119 Å². The lowest BCUT2D eigenvalue weighted by atomic mass is 10.1. The van der Waals surface area contributed by atoms with Crippen molar-refractivity contribution in [3.8, 4) is 0 Å². The van der Waals surface area contributed by atoms with Gasteiger partial charge in [0.25, 0.3) is 0 Å². The van der Waals surface area contributed by atoms with Crippen molar-refractivity contribution in [3.63, 3.8) is 0 Å². The van der Waals surface area contributed by atoms with Gasteiger partial charge in [-0.15, -0.1) is 0 Å². The number of aliphatic carboxylic acids is 1. The average molecular weight is 285 g/mol. The summed E-state index contributed by atoms with van der Waals surface area (Å²) in [6, 6.07) is -0.406. The summed E-state index contributed by atoms with van der Waals surface area (Å²) < 4.78 is 5.43. The topological polar surface area (TPSA) is 76.1 Å². The van der Waals surface area contributed by atoms with Gasteiger partial charge >= 0.3 is 5.97 Å². The molecule has 2 aliphatic rings. The summed E-state index contributed by atoms with van der Waals surface area (Å²) in [7, 11) is 0. The normalized spacial score (nSPS) is 24.1. The van der Waals surface area contributed by atoms with E-state index in [1.165, 1.54) is 12.8 Å². The first kappa shape index (κ1) is 15.3. The van der Waals surface area contributed by atoms with Gasteiger partial charge in [0.15, 0.2) is 6.29 Å². The van der Waals surface area contributed by atoms with Crippen LogP contribution < -0.4 is 0 Å². The summed E-state index contributed by atoms with van der Waals surface area (Å²) in [5.74, 6) is -0.212. The van der Waals surface area contributed by atoms with Crippen LogP contribution in [-0.4, -0.2) is 41.5 Å². The number of amides is 1. The molecule has 1 aliphatic carbocycles. The molecule has 6 heteroatoms. The zero-order valence-corrected chi connectivity index (χ0v) is 11.7. The molecule has 2 atom stereocenters. The van der Waals surface area contributed by atoms with E-state index in [1.807, 2.05) is 0 Å². The average Bonchev–Trinajstić information content (AvgIpc) is 3.26. The Hall–Kier alpha value is -1.14. The smallest absolute Gasteiger partial charge is 0.305 e. The lowest BCUT2D eigenvalue weighted by molar-refractivity contribution is -0.286. The lowest BCUT2D eigenvalue weighted by Gasteiger charge is -2.31. The first-order valence-electron chi connectivity index (χ1n) is 7.43. The van der Waals surface area contributed by atoms with Gasteiger partial charge in [0.1, 0.15) is 0 Å². The molecule has 1 saturated carbocycles. The van der Waals surface area contributed by atoms with Crippen molar-refractivity contribution in [1.29, 1.82) is 0 Å². The molecule has 1 aliphatic heterocycles. The van der Waals surface area contributed by atoms with Gasteiger partial charge < -0.3 is 9.84 Å². The zero-order chi connectivity index (χ0) is 14.4. The Morgan fingerprint density at radius 3 is 2.75 bits per heavy atom. The highest BCUT2D eigenvalue weighted by Gasteiger charge is 2.28. The molecule has 2 fully saturated rings. The van der Waals surface area contributed by atoms with Crippen LogP contribution >= 0.6 is 0 Å². The minimum atomic E-state index is -0.911. The predicted molar refractivity (Wildman–Crippen MR) is 70.6 cm³/mol. The van der Waals surface area contributed by atoms with Crippen LogP contribution in [0.15, 0.2) is 0 Å². The van der Waals surface area contributed by atoms with E-state index in [2.05, 4.69) is 0 Å². The fourth-order valence-electron chi connectivity index (χ4n) is 2.48. The van der Waals surface area contributed by atoms with Crippen LogP contribution in [-0.2, 0) is 19.2 Å². The van der Waals surface area contributed by atoms with Crippen molar-refractivity contribution < 1.29 is 24.3 Å². The van der Waals surface area contributed by atoms with E-state index in [0.717, 1.165) is 30.7 Å². The second kappa shape index (κ2) is 7.59. The Morgan fingerprint density at radius 1 is 1.40 bits per heavy atom. The Kier molecular flexibility index (Phi) is 5.79. The highest BCUT2D eigenvalue weighted by atomic mass is 16.8. The minimum absolute atomic E-state index is 0.0851. The summed E-state index contributed by atoms with van der Waals surface area (Å²) >= 11 is 0. The molecule has 0 radical (unpaired) electrons. The summed E-state index contributed by atoms with van der Waals surface area (Å²) in [6.45, 7) is 0.628. The highest BCUT2D eigenvalue weighted by Crippen LogP contribution is 2.34. The number of nitrogens with zero attached hydrogens (tertiary/aromatic N) is 1. The molecule has 6 nitrogen and oxygen atoms in total. The van der Waals surface area contributed by atoms with Gasteiger partial charge in [-0.05, 0) is 31.6 Å². The Balaban J connectivity index is 1.86. The molecular formula is C14H23NO5. The first-order chi connectivity index (χ1) is 9.69. The van der Waals surface area contributed by atoms with E-state index in [9.17, 15) is 9.59 Å². The van der Waals surface area contributed by atoms with Gasteiger partial charge in [-0.25, -0.2) is 9.90 Å². The SMILES string of the molecule is O=CN(OC1CCCCO1)C(CCC1CC1)CC(=O)O. The summed E-state index contributed by atoms with van der Waals surface area (Å²) in [5.41, 5.74) is 0. The number of carboxylic acids is 1. The largest absolute Gasteiger partial charge is 0.481 e. The zero-order valence-electron chi connectivity index (χ0n) is 11.7. The van der Waals surface area contributed by atoms with Crippen molar-refractivity contribution in [2.45, 2.75) is 63.7 Å². The molecule has 1 heterocycles. The van der Waals surface area contributed by atoms with E-state index in [4.69, 9.17) is 14.7 Å². The number of ether oxygens (including phenoxy) is 1. The van der Waals surface area contributed by atoms with Crippen LogP contribution in [0.4, 0.5) is 0 Å². The third-order valence-electron chi connectivity index (χ3n) is 3.86. The molecule has 0 aromatic heterocycles. The van der Waals surface area contributed by atoms with Gasteiger partial charge in [-0.1, -0.05) is 12.8 Å². The van der Waals surface area contributed by atoms with Gasteiger partial charge in [0.2, 0.25) is 6.41 Å². The predicted octanol–water partition coefficient (Wildman–Crippen LogP) is 1.94. The van der Waals surface area contributed by atoms with Crippen LogP contribution in [0.5, 0.6) is 0 Å². The van der Waals surface area contributed by atoms with Crippen molar-refractivity contribution in [3.05, 3.63) is 0 Å². The van der Waals surface area contributed by atoms with Crippen molar-refractivity contribution in [2.75, 3.05) is 6.61 Å². The molecule has 114 valence electrons. The molecule has 2 rings (SSSR count). The van der Waals surface area contributed by atoms with E-state index >= 15 is 0 Å². The number of carbonyl (C=O) groups excluding carboxylic acids is 1. The highest BCUT2D eigenvalue weighted by molar-refractivity contribution is 5.68. The molecule has 2 unspecified atom stereocenters. The number of hydrogen-bond donors (Lipinski definition) is 1. The van der Waals surface area contributed by atoms with Gasteiger partial charge in [-0.3, -0.25) is 9.59 Å². The molecule has 1 saturated heterocycles. The van der Waals surface area contributed by atoms with Crippen LogP contribution in [0.25, 0.3) is 0 Å². The minimum Gasteiger partial charge on any atom is -0.481 e. The fraction of sp³-hybridized carbons (Fsp3) is 0.857. The summed E-state index contributed by atoms with van der Waals surface area (Å²) in [4.78, 5) is 27.7. The standard InChI is InChI=1S/C14H23NO5/c16-10-15(20-14-3-1-2-8-19-14)12(9-13(17)18)7-6-11-4-5-11/h10-12,14H,1-9H2,(H,17,18). The number of hydroxylamine groups is 2. The van der Waals surface area contributed by atoms with E-state index in [0.29, 0.717) is 25.4 Å². The van der Waals surface area contributed by atoms with Crippen LogP contribution in [0.1, 0.15) is 51.4 Å². The monoisotopic (exact) mass is 285 g/mol. The molecule has 20 heavy (non-hydrogen) atoms. The molecule has 0 spiro atoms.